The lowest BCUT2D eigenvalue weighted by molar-refractivity contribution is -0.160. The molecule has 0 aromatic heterocycles. The van der Waals surface area contributed by atoms with Crippen molar-refractivity contribution in [1.29, 1.82) is 0 Å². The standard InChI is InChI=1S/C28H52I2O3/c1-27(21-17-13-9-5-3-7-11-15-19-23-29)32-25-31-26-33-28(2)22-18-14-10-6-4-8-12-16-20-24-30/h9-10,13-14,27-28H,3-8,11-12,15-26H2,1-2H3. The first kappa shape index (κ1) is 33.8. The third-order valence-electron chi connectivity index (χ3n) is 5.69. The summed E-state index contributed by atoms with van der Waals surface area (Å²) in [6.45, 7) is 4.86. The lowest BCUT2D eigenvalue weighted by Crippen LogP contribution is -2.15. The Hall–Kier alpha value is 0.820. The van der Waals surface area contributed by atoms with Crippen LogP contribution in [0.4, 0.5) is 0 Å². The number of halogens is 2. The van der Waals surface area contributed by atoms with E-state index >= 15 is 0 Å². The Labute approximate surface area is 233 Å². The molecule has 3 nitrogen and oxygen atoms in total. The van der Waals surface area contributed by atoms with Gasteiger partial charge in [0.1, 0.15) is 13.6 Å². The predicted octanol–water partition coefficient (Wildman–Crippen LogP) is 9.95. The molecule has 196 valence electrons. The number of hydrogen-bond donors (Lipinski definition) is 0. The first-order chi connectivity index (χ1) is 16.2. The molecule has 0 saturated carbocycles. The monoisotopic (exact) mass is 690 g/mol. The van der Waals surface area contributed by atoms with Crippen LogP contribution in [0.5, 0.6) is 0 Å². The zero-order valence-corrected chi connectivity index (χ0v) is 25.9. The first-order valence-corrected chi connectivity index (χ1v) is 16.5. The lowest BCUT2D eigenvalue weighted by atomic mass is 10.1. The molecule has 5 heteroatoms. The zero-order valence-electron chi connectivity index (χ0n) is 21.6. The fraction of sp³-hybridized carbons (Fsp3) is 0.857. The van der Waals surface area contributed by atoms with Gasteiger partial charge in [-0.2, -0.15) is 0 Å². The normalized spacial score (nSPS) is 13.9. The van der Waals surface area contributed by atoms with Crippen LogP contribution >= 0.6 is 45.2 Å². The largest absolute Gasteiger partial charge is 0.352 e. The van der Waals surface area contributed by atoms with Crippen molar-refractivity contribution in [2.75, 3.05) is 22.4 Å². The first-order valence-electron chi connectivity index (χ1n) is 13.4. The quantitative estimate of drug-likeness (QED) is 0.0298. The lowest BCUT2D eigenvalue weighted by Gasteiger charge is -2.14. The predicted molar refractivity (Wildman–Crippen MR) is 162 cm³/mol. The fourth-order valence-electron chi connectivity index (χ4n) is 3.44. The van der Waals surface area contributed by atoms with Crippen LogP contribution in [0.25, 0.3) is 0 Å². The minimum atomic E-state index is 0.219. The van der Waals surface area contributed by atoms with E-state index in [1.54, 1.807) is 0 Å². The minimum Gasteiger partial charge on any atom is -0.352 e. The molecule has 2 atom stereocenters. The summed E-state index contributed by atoms with van der Waals surface area (Å²) < 4.78 is 19.5. The molecular weight excluding hydrogens is 638 g/mol. The molecule has 33 heavy (non-hydrogen) atoms. The Morgan fingerprint density at radius 1 is 0.515 bits per heavy atom. The van der Waals surface area contributed by atoms with Crippen molar-refractivity contribution < 1.29 is 14.2 Å². The van der Waals surface area contributed by atoms with E-state index in [9.17, 15) is 0 Å². The Morgan fingerprint density at radius 3 is 1.30 bits per heavy atom. The maximum atomic E-state index is 5.72. The highest BCUT2D eigenvalue weighted by molar-refractivity contribution is 14.1. The van der Waals surface area contributed by atoms with Crippen molar-refractivity contribution in [2.24, 2.45) is 0 Å². The maximum absolute atomic E-state index is 5.72. The van der Waals surface area contributed by atoms with Crippen molar-refractivity contribution >= 4 is 45.2 Å². The highest BCUT2D eigenvalue weighted by Crippen LogP contribution is 2.10. The summed E-state index contributed by atoms with van der Waals surface area (Å²) in [6, 6.07) is 0. The van der Waals surface area contributed by atoms with E-state index in [4.69, 9.17) is 14.2 Å². The summed E-state index contributed by atoms with van der Waals surface area (Å²) in [5.41, 5.74) is 0. The second-order valence-corrected chi connectivity index (χ2v) is 11.1. The SMILES string of the molecule is CC(CCC=CCCCCCCCI)OCOCOC(C)CCC=CCCCCCCCI. The Kier molecular flexibility index (Phi) is 29.8. The van der Waals surface area contributed by atoms with E-state index in [0.717, 1.165) is 25.7 Å². The van der Waals surface area contributed by atoms with E-state index in [0.29, 0.717) is 13.6 Å². The summed E-state index contributed by atoms with van der Waals surface area (Å²) in [5.74, 6) is 0. The molecule has 0 N–H and O–H groups in total. The van der Waals surface area contributed by atoms with E-state index in [1.807, 2.05) is 0 Å². The van der Waals surface area contributed by atoms with Crippen LogP contribution < -0.4 is 0 Å². The van der Waals surface area contributed by atoms with Crippen LogP contribution in [-0.2, 0) is 14.2 Å². The fourth-order valence-corrected chi connectivity index (χ4v) is 4.52. The molecule has 0 radical (unpaired) electrons. The van der Waals surface area contributed by atoms with Crippen molar-refractivity contribution in [1.82, 2.24) is 0 Å². The second kappa shape index (κ2) is 29.1. The zero-order chi connectivity index (χ0) is 24.2. The van der Waals surface area contributed by atoms with E-state index in [-0.39, 0.29) is 12.2 Å². The topological polar surface area (TPSA) is 27.7 Å². The van der Waals surface area contributed by atoms with Gasteiger partial charge in [0.15, 0.2) is 0 Å². The molecule has 2 unspecified atom stereocenters. The number of unbranched alkanes of at least 4 members (excludes halogenated alkanes) is 10. The summed E-state index contributed by atoms with van der Waals surface area (Å²) >= 11 is 4.93. The van der Waals surface area contributed by atoms with Gasteiger partial charge in [-0.05, 0) is 86.9 Å². The molecule has 0 aliphatic rings. The van der Waals surface area contributed by atoms with Crippen molar-refractivity contribution in [3.8, 4) is 0 Å². The van der Waals surface area contributed by atoms with Gasteiger partial charge in [-0.25, -0.2) is 0 Å². The molecule has 0 spiro atoms. The Bertz CT molecular complexity index is 391. The van der Waals surface area contributed by atoms with Crippen molar-refractivity contribution in [3.05, 3.63) is 24.3 Å². The highest BCUT2D eigenvalue weighted by atomic mass is 127. The number of hydrogen-bond acceptors (Lipinski definition) is 3. The number of alkyl halides is 2. The van der Waals surface area contributed by atoms with Crippen LogP contribution in [0.1, 0.15) is 117 Å². The third-order valence-corrected chi connectivity index (χ3v) is 7.22. The van der Waals surface area contributed by atoms with Crippen LogP contribution in [0.15, 0.2) is 24.3 Å². The van der Waals surface area contributed by atoms with Crippen LogP contribution in [-0.4, -0.2) is 34.6 Å². The van der Waals surface area contributed by atoms with Crippen LogP contribution in [0.2, 0.25) is 0 Å². The molecule has 0 aromatic carbocycles. The van der Waals surface area contributed by atoms with Gasteiger partial charge < -0.3 is 14.2 Å². The van der Waals surface area contributed by atoms with E-state index in [1.165, 1.54) is 85.9 Å². The molecule has 0 saturated heterocycles. The van der Waals surface area contributed by atoms with E-state index < -0.39 is 0 Å². The average molecular weight is 691 g/mol. The molecule has 0 aliphatic heterocycles. The average Bonchev–Trinajstić information content (AvgIpc) is 2.81. The Morgan fingerprint density at radius 2 is 0.879 bits per heavy atom. The van der Waals surface area contributed by atoms with Gasteiger partial charge in [0.2, 0.25) is 0 Å². The van der Waals surface area contributed by atoms with Crippen LogP contribution in [0, 0.1) is 0 Å². The van der Waals surface area contributed by atoms with Gasteiger partial charge in [-0.15, -0.1) is 0 Å². The Balaban J connectivity index is 3.39. The van der Waals surface area contributed by atoms with Gasteiger partial charge in [0.25, 0.3) is 0 Å². The molecule has 0 heterocycles. The highest BCUT2D eigenvalue weighted by Gasteiger charge is 2.03. The van der Waals surface area contributed by atoms with Gasteiger partial charge in [-0.3, -0.25) is 0 Å². The van der Waals surface area contributed by atoms with E-state index in [2.05, 4.69) is 83.3 Å². The third kappa shape index (κ3) is 28.9. The molecule has 0 amide bonds. The van der Waals surface area contributed by atoms with Crippen molar-refractivity contribution in [2.45, 2.75) is 129 Å². The number of allylic oxidation sites excluding steroid dienone is 4. The van der Waals surface area contributed by atoms with Crippen molar-refractivity contribution in [3.63, 3.8) is 0 Å². The molecule has 0 aromatic rings. The molecule has 0 fully saturated rings. The molecular formula is C28H52I2O3. The van der Waals surface area contributed by atoms with Gasteiger partial charge in [0, 0.05) is 0 Å². The summed E-state index contributed by atoms with van der Waals surface area (Å²) in [7, 11) is 0. The number of rotatable bonds is 26. The van der Waals surface area contributed by atoms with Crippen LogP contribution in [0.3, 0.4) is 0 Å². The second-order valence-electron chi connectivity index (χ2n) is 8.98. The van der Waals surface area contributed by atoms with Gasteiger partial charge in [0.05, 0.1) is 12.2 Å². The minimum absolute atomic E-state index is 0.219. The summed E-state index contributed by atoms with van der Waals surface area (Å²) in [4.78, 5) is 0. The molecule has 0 bridgehead atoms. The summed E-state index contributed by atoms with van der Waals surface area (Å²) in [5, 5.41) is 0. The maximum Gasteiger partial charge on any atom is 0.149 e. The molecule has 0 aliphatic carbocycles. The molecule has 0 rings (SSSR count). The number of ether oxygens (including phenoxy) is 3. The van der Waals surface area contributed by atoms with Gasteiger partial charge >= 0.3 is 0 Å². The van der Waals surface area contributed by atoms with Gasteiger partial charge in [-0.1, -0.05) is 108 Å². The summed E-state index contributed by atoms with van der Waals surface area (Å²) in [6.07, 6.45) is 30.1. The smallest absolute Gasteiger partial charge is 0.149 e.